The number of carbonyl (C=O) groups is 1. The van der Waals surface area contributed by atoms with E-state index in [1.165, 1.54) is 12.1 Å². The molecule has 0 spiro atoms. The van der Waals surface area contributed by atoms with Gasteiger partial charge in [-0.05, 0) is 60.4 Å². The van der Waals surface area contributed by atoms with Crippen LogP contribution in [-0.4, -0.2) is 23.1 Å². The third kappa shape index (κ3) is 4.55. The molecular formula is C27H26FN3O3. The Labute approximate surface area is 196 Å². The summed E-state index contributed by atoms with van der Waals surface area (Å²) in [6.07, 6.45) is 7.39. The van der Waals surface area contributed by atoms with E-state index in [2.05, 4.69) is 34.7 Å². The van der Waals surface area contributed by atoms with E-state index >= 15 is 0 Å². The SMILES string of the molecule is C=C(/C=c1/c(C(=O)NC)c(-c2ccc(F)cc2)oc1=C)C1=CC(c2nc(C(C)C)no2)=CCC1. The Balaban J connectivity index is 1.74. The number of allylic oxidation sites excluding steroid dienone is 5. The maximum atomic E-state index is 13.4. The molecule has 34 heavy (non-hydrogen) atoms. The second-order valence-electron chi connectivity index (χ2n) is 8.38. The lowest BCUT2D eigenvalue weighted by Gasteiger charge is -2.12. The standard InChI is InChI=1S/C27H26FN3O3/c1-15(2)25-30-27(34-31-25)20-8-6-7-19(14-20)16(3)13-22-17(4)33-24(23(22)26(32)29-5)18-9-11-21(28)12-10-18/h8-15H,3-4,6-7H2,1-2,5H3,(H,29,32)/b22-13+. The summed E-state index contributed by atoms with van der Waals surface area (Å²) < 4.78 is 24.7. The predicted octanol–water partition coefficient (Wildman–Crippen LogP) is 4.50. The molecule has 0 atom stereocenters. The van der Waals surface area contributed by atoms with E-state index < -0.39 is 0 Å². The number of benzene rings is 1. The molecule has 3 aromatic rings. The second-order valence-corrected chi connectivity index (χ2v) is 8.38. The van der Waals surface area contributed by atoms with Crippen LogP contribution >= 0.6 is 0 Å². The number of amides is 1. The third-order valence-corrected chi connectivity index (χ3v) is 5.63. The third-order valence-electron chi connectivity index (χ3n) is 5.63. The average Bonchev–Trinajstić information content (AvgIpc) is 3.45. The van der Waals surface area contributed by atoms with Gasteiger partial charge in [-0.1, -0.05) is 38.2 Å². The van der Waals surface area contributed by atoms with Crippen LogP contribution < -0.4 is 16.0 Å². The smallest absolute Gasteiger partial charge is 0.257 e. The van der Waals surface area contributed by atoms with Crippen molar-refractivity contribution in [1.29, 1.82) is 0 Å². The molecule has 2 aromatic heterocycles. The Bertz CT molecular complexity index is 1420. The molecule has 0 bridgehead atoms. The molecule has 0 aliphatic heterocycles. The van der Waals surface area contributed by atoms with Gasteiger partial charge < -0.3 is 14.3 Å². The normalized spacial score (nSPS) is 14.2. The highest BCUT2D eigenvalue weighted by molar-refractivity contribution is 6.00. The van der Waals surface area contributed by atoms with E-state index in [0.29, 0.717) is 39.2 Å². The van der Waals surface area contributed by atoms with Crippen molar-refractivity contribution in [1.82, 2.24) is 15.5 Å². The molecule has 0 fully saturated rings. The van der Waals surface area contributed by atoms with E-state index in [0.717, 1.165) is 29.6 Å². The quantitative estimate of drug-likeness (QED) is 0.587. The Hall–Kier alpha value is -4.00. The summed E-state index contributed by atoms with van der Waals surface area (Å²) in [4.78, 5) is 17.3. The van der Waals surface area contributed by atoms with Crippen LogP contribution in [0.3, 0.4) is 0 Å². The van der Waals surface area contributed by atoms with Crippen LogP contribution in [0.15, 0.2) is 63.1 Å². The highest BCUT2D eigenvalue weighted by Gasteiger charge is 2.21. The van der Waals surface area contributed by atoms with Gasteiger partial charge in [0.15, 0.2) is 5.82 Å². The minimum atomic E-state index is -0.373. The molecule has 1 N–H and O–H groups in total. The fraction of sp³-hybridized carbons (Fsp3) is 0.222. The lowest BCUT2D eigenvalue weighted by atomic mass is 9.93. The number of aromatic nitrogens is 2. The first-order valence-corrected chi connectivity index (χ1v) is 11.0. The topological polar surface area (TPSA) is 81.2 Å². The first-order valence-electron chi connectivity index (χ1n) is 11.0. The number of furan rings is 1. The lowest BCUT2D eigenvalue weighted by Crippen LogP contribution is -2.30. The number of nitrogens with one attached hydrogen (secondary N) is 1. The van der Waals surface area contributed by atoms with Gasteiger partial charge >= 0.3 is 0 Å². The molecule has 0 saturated heterocycles. The van der Waals surface area contributed by atoms with Crippen molar-refractivity contribution in [3.8, 4) is 11.3 Å². The molecule has 1 amide bonds. The highest BCUT2D eigenvalue weighted by atomic mass is 19.1. The van der Waals surface area contributed by atoms with E-state index in [1.54, 1.807) is 25.3 Å². The molecule has 1 aliphatic carbocycles. The summed E-state index contributed by atoms with van der Waals surface area (Å²) in [6.45, 7) is 12.2. The van der Waals surface area contributed by atoms with Gasteiger partial charge in [0, 0.05) is 29.3 Å². The van der Waals surface area contributed by atoms with Crippen molar-refractivity contribution < 1.29 is 18.1 Å². The molecule has 7 heteroatoms. The Morgan fingerprint density at radius 1 is 1.26 bits per heavy atom. The second kappa shape index (κ2) is 9.47. The van der Waals surface area contributed by atoms with Gasteiger partial charge in [0.2, 0.25) is 0 Å². The Kier molecular flexibility index (Phi) is 6.45. The molecule has 1 aliphatic rings. The van der Waals surface area contributed by atoms with Crippen LogP contribution in [0.1, 0.15) is 54.7 Å². The number of carbonyl (C=O) groups excluding carboxylic acids is 1. The van der Waals surface area contributed by atoms with Gasteiger partial charge in [-0.3, -0.25) is 4.79 Å². The minimum absolute atomic E-state index is 0.170. The van der Waals surface area contributed by atoms with Crippen LogP contribution in [0.5, 0.6) is 0 Å². The Morgan fingerprint density at radius 2 is 2.00 bits per heavy atom. The summed E-state index contributed by atoms with van der Waals surface area (Å²) in [5.74, 6) is 0.922. The van der Waals surface area contributed by atoms with E-state index in [1.807, 2.05) is 19.9 Å². The zero-order valence-corrected chi connectivity index (χ0v) is 19.4. The highest BCUT2D eigenvalue weighted by Crippen LogP contribution is 2.29. The maximum Gasteiger partial charge on any atom is 0.257 e. The summed E-state index contributed by atoms with van der Waals surface area (Å²) >= 11 is 0. The molecule has 1 aromatic carbocycles. The van der Waals surface area contributed by atoms with E-state index in [4.69, 9.17) is 8.94 Å². The Morgan fingerprint density at radius 3 is 2.65 bits per heavy atom. The molecule has 0 unspecified atom stereocenters. The molecule has 4 rings (SSSR count). The number of hydrogen-bond acceptors (Lipinski definition) is 5. The average molecular weight is 460 g/mol. The van der Waals surface area contributed by atoms with Crippen LogP contribution in [0.25, 0.3) is 29.6 Å². The number of rotatable bonds is 6. The molecule has 6 nitrogen and oxygen atoms in total. The predicted molar refractivity (Wildman–Crippen MR) is 130 cm³/mol. The van der Waals surface area contributed by atoms with Gasteiger partial charge in [0.1, 0.15) is 17.0 Å². The zero-order chi connectivity index (χ0) is 24.4. The molecule has 0 saturated carbocycles. The monoisotopic (exact) mass is 459 g/mol. The number of hydrogen-bond donors (Lipinski definition) is 1. The van der Waals surface area contributed by atoms with Gasteiger partial charge in [-0.15, -0.1) is 0 Å². The van der Waals surface area contributed by atoms with Crippen LogP contribution in [0.2, 0.25) is 0 Å². The van der Waals surface area contributed by atoms with E-state index in [-0.39, 0.29) is 17.6 Å². The first-order chi connectivity index (χ1) is 16.3. The van der Waals surface area contributed by atoms with Gasteiger partial charge in [0.25, 0.3) is 11.8 Å². The first kappa shape index (κ1) is 23.2. The van der Waals surface area contributed by atoms with Crippen LogP contribution in [-0.2, 0) is 0 Å². The largest absolute Gasteiger partial charge is 0.456 e. The van der Waals surface area contributed by atoms with E-state index in [9.17, 15) is 9.18 Å². The molecular weight excluding hydrogens is 433 g/mol. The number of halogens is 1. The van der Waals surface area contributed by atoms with Crippen molar-refractivity contribution in [2.24, 2.45) is 0 Å². The molecule has 174 valence electrons. The number of nitrogens with zero attached hydrogens (tertiary/aromatic N) is 2. The fourth-order valence-electron chi connectivity index (χ4n) is 3.76. The summed E-state index contributed by atoms with van der Waals surface area (Å²) in [5, 5.41) is 7.22. The minimum Gasteiger partial charge on any atom is -0.456 e. The summed E-state index contributed by atoms with van der Waals surface area (Å²) in [6, 6.07) is 5.77. The van der Waals surface area contributed by atoms with Crippen molar-refractivity contribution in [2.45, 2.75) is 32.6 Å². The maximum absolute atomic E-state index is 13.4. The molecule has 2 heterocycles. The van der Waals surface area contributed by atoms with Gasteiger partial charge in [-0.25, -0.2) is 4.39 Å². The lowest BCUT2D eigenvalue weighted by molar-refractivity contribution is 0.0962. The fourth-order valence-corrected chi connectivity index (χ4v) is 3.76. The van der Waals surface area contributed by atoms with Crippen LogP contribution in [0.4, 0.5) is 4.39 Å². The van der Waals surface area contributed by atoms with Crippen molar-refractivity contribution >= 4 is 24.1 Å². The van der Waals surface area contributed by atoms with Crippen molar-refractivity contribution in [2.75, 3.05) is 7.05 Å². The van der Waals surface area contributed by atoms with Gasteiger partial charge in [0.05, 0.1) is 5.56 Å². The summed E-state index contributed by atoms with van der Waals surface area (Å²) in [5.41, 5.74) is 3.77. The summed E-state index contributed by atoms with van der Waals surface area (Å²) in [7, 11) is 1.54. The van der Waals surface area contributed by atoms with Crippen molar-refractivity contribution in [3.05, 3.63) is 87.9 Å². The molecule has 0 radical (unpaired) electrons. The zero-order valence-electron chi connectivity index (χ0n) is 19.4. The van der Waals surface area contributed by atoms with Crippen LogP contribution in [0, 0.1) is 5.82 Å². The van der Waals surface area contributed by atoms with Crippen molar-refractivity contribution in [3.63, 3.8) is 0 Å². The van der Waals surface area contributed by atoms with Gasteiger partial charge in [-0.2, -0.15) is 4.98 Å².